The van der Waals surface area contributed by atoms with Gasteiger partial charge in [-0.2, -0.15) is 0 Å². The number of amides is 1. The van der Waals surface area contributed by atoms with E-state index in [2.05, 4.69) is 21.9 Å². The third-order valence-corrected chi connectivity index (χ3v) is 6.40. The van der Waals surface area contributed by atoms with Crippen LogP contribution in [-0.4, -0.2) is 48.5 Å². The monoisotopic (exact) mass is 342 g/mol. The van der Waals surface area contributed by atoms with Crippen LogP contribution < -0.4 is 4.74 Å². The van der Waals surface area contributed by atoms with E-state index >= 15 is 0 Å². The Bertz CT molecular complexity index is 594. The molecule has 136 valence electrons. The summed E-state index contributed by atoms with van der Waals surface area (Å²) in [5.41, 5.74) is 1.26. The Kier molecular flexibility index (Phi) is 4.98. The molecule has 3 aliphatic rings. The average molecular weight is 342 g/mol. The summed E-state index contributed by atoms with van der Waals surface area (Å²) in [6.07, 6.45) is 7.60. The summed E-state index contributed by atoms with van der Waals surface area (Å²) in [7, 11) is 1.69. The lowest BCUT2D eigenvalue weighted by atomic mass is 9.85. The van der Waals surface area contributed by atoms with E-state index in [9.17, 15) is 4.79 Å². The Balaban J connectivity index is 1.42. The fourth-order valence-electron chi connectivity index (χ4n) is 4.95. The maximum Gasteiger partial charge on any atom is 0.239 e. The molecule has 2 saturated heterocycles. The summed E-state index contributed by atoms with van der Waals surface area (Å²) in [5, 5.41) is 0. The molecule has 0 N–H and O–H groups in total. The Morgan fingerprint density at radius 1 is 1.12 bits per heavy atom. The molecule has 2 bridgehead atoms. The molecule has 2 aliphatic heterocycles. The fourth-order valence-corrected chi connectivity index (χ4v) is 4.95. The predicted molar refractivity (Wildman–Crippen MR) is 98.5 cm³/mol. The van der Waals surface area contributed by atoms with Crippen LogP contribution in [0.25, 0.3) is 0 Å². The molecular formula is C21H30N2O2. The fraction of sp³-hybridized carbons (Fsp3) is 0.667. The number of hydrogen-bond acceptors (Lipinski definition) is 3. The number of ether oxygens (including phenoxy) is 1. The number of likely N-dealkylation sites (tertiary alicyclic amines) is 2. The molecule has 4 rings (SSSR count). The third kappa shape index (κ3) is 3.69. The molecule has 1 amide bonds. The SMILES string of the molecule is COc1ccc(CN2CC[C@H]3C[C@@H]2C(=O)N(CC2CCCC2)C3)cc1. The number of carbonyl (C=O) groups is 1. The number of piperidine rings is 2. The number of carbonyl (C=O) groups excluding carboxylic acids is 1. The average Bonchev–Trinajstić information content (AvgIpc) is 3.15. The van der Waals surface area contributed by atoms with Gasteiger partial charge in [0.25, 0.3) is 0 Å². The van der Waals surface area contributed by atoms with Crippen LogP contribution in [0.1, 0.15) is 44.1 Å². The molecule has 4 heteroatoms. The summed E-state index contributed by atoms with van der Waals surface area (Å²) >= 11 is 0. The van der Waals surface area contributed by atoms with Crippen LogP contribution in [0.5, 0.6) is 5.75 Å². The molecule has 0 radical (unpaired) electrons. The van der Waals surface area contributed by atoms with Crippen LogP contribution in [-0.2, 0) is 11.3 Å². The highest BCUT2D eigenvalue weighted by Gasteiger charge is 2.41. The molecule has 4 nitrogen and oxygen atoms in total. The van der Waals surface area contributed by atoms with Gasteiger partial charge >= 0.3 is 0 Å². The highest BCUT2D eigenvalue weighted by Crippen LogP contribution is 2.33. The Morgan fingerprint density at radius 3 is 2.60 bits per heavy atom. The van der Waals surface area contributed by atoms with Crippen molar-refractivity contribution in [3.63, 3.8) is 0 Å². The van der Waals surface area contributed by atoms with E-state index in [1.165, 1.54) is 37.7 Å². The van der Waals surface area contributed by atoms with Gasteiger partial charge in [0, 0.05) is 19.6 Å². The van der Waals surface area contributed by atoms with Crippen molar-refractivity contribution in [1.82, 2.24) is 9.80 Å². The lowest BCUT2D eigenvalue weighted by Gasteiger charge is -2.47. The zero-order chi connectivity index (χ0) is 17.2. The van der Waals surface area contributed by atoms with Crippen molar-refractivity contribution in [3.05, 3.63) is 29.8 Å². The van der Waals surface area contributed by atoms with Crippen molar-refractivity contribution in [1.29, 1.82) is 0 Å². The van der Waals surface area contributed by atoms with Crippen molar-refractivity contribution >= 4 is 5.91 Å². The molecule has 0 aromatic heterocycles. The first-order valence-electron chi connectivity index (χ1n) is 9.88. The van der Waals surface area contributed by atoms with Gasteiger partial charge in [0.2, 0.25) is 5.91 Å². The number of methoxy groups -OCH3 is 1. The van der Waals surface area contributed by atoms with Gasteiger partial charge in [-0.3, -0.25) is 9.69 Å². The second kappa shape index (κ2) is 7.36. The molecule has 2 heterocycles. The molecule has 0 unspecified atom stereocenters. The lowest BCUT2D eigenvalue weighted by molar-refractivity contribution is -0.146. The highest BCUT2D eigenvalue weighted by molar-refractivity contribution is 5.83. The van der Waals surface area contributed by atoms with E-state index in [0.717, 1.165) is 44.3 Å². The van der Waals surface area contributed by atoms with Gasteiger partial charge in [-0.05, 0) is 61.8 Å². The topological polar surface area (TPSA) is 32.8 Å². The first-order chi connectivity index (χ1) is 12.2. The van der Waals surface area contributed by atoms with Crippen LogP contribution in [0.3, 0.4) is 0 Å². The lowest BCUT2D eigenvalue weighted by Crippen LogP contribution is -2.59. The van der Waals surface area contributed by atoms with Crippen LogP contribution in [0.15, 0.2) is 24.3 Å². The summed E-state index contributed by atoms with van der Waals surface area (Å²) in [6, 6.07) is 8.35. The van der Waals surface area contributed by atoms with E-state index in [1.807, 2.05) is 12.1 Å². The van der Waals surface area contributed by atoms with Gasteiger partial charge in [-0.1, -0.05) is 25.0 Å². The van der Waals surface area contributed by atoms with E-state index < -0.39 is 0 Å². The van der Waals surface area contributed by atoms with E-state index in [-0.39, 0.29) is 6.04 Å². The maximum absolute atomic E-state index is 13.1. The van der Waals surface area contributed by atoms with Gasteiger partial charge in [-0.15, -0.1) is 0 Å². The van der Waals surface area contributed by atoms with Gasteiger partial charge in [0.05, 0.1) is 13.2 Å². The molecule has 1 aromatic carbocycles. The molecule has 1 aromatic rings. The third-order valence-electron chi connectivity index (χ3n) is 6.40. The summed E-state index contributed by atoms with van der Waals surface area (Å²) < 4.78 is 5.24. The Hall–Kier alpha value is -1.55. The first kappa shape index (κ1) is 16.9. The van der Waals surface area contributed by atoms with E-state index in [1.54, 1.807) is 7.11 Å². The number of fused-ring (bicyclic) bond motifs is 2. The van der Waals surface area contributed by atoms with Gasteiger partial charge in [0.1, 0.15) is 5.75 Å². The Labute approximate surface area is 151 Å². The quantitative estimate of drug-likeness (QED) is 0.823. The van der Waals surface area contributed by atoms with Crippen molar-refractivity contribution in [3.8, 4) is 5.75 Å². The van der Waals surface area contributed by atoms with Crippen molar-refractivity contribution < 1.29 is 9.53 Å². The number of nitrogens with zero attached hydrogens (tertiary/aromatic N) is 2. The zero-order valence-electron chi connectivity index (χ0n) is 15.3. The number of hydrogen-bond donors (Lipinski definition) is 0. The largest absolute Gasteiger partial charge is 0.497 e. The normalized spacial score (nSPS) is 27.7. The molecule has 1 aliphatic carbocycles. The Morgan fingerprint density at radius 2 is 1.88 bits per heavy atom. The minimum absolute atomic E-state index is 0.0935. The van der Waals surface area contributed by atoms with Crippen molar-refractivity contribution in [2.24, 2.45) is 11.8 Å². The molecule has 3 fully saturated rings. The van der Waals surface area contributed by atoms with Crippen LogP contribution >= 0.6 is 0 Å². The van der Waals surface area contributed by atoms with Crippen molar-refractivity contribution in [2.75, 3.05) is 26.7 Å². The van der Waals surface area contributed by atoms with Gasteiger partial charge < -0.3 is 9.64 Å². The molecule has 1 saturated carbocycles. The van der Waals surface area contributed by atoms with Crippen LogP contribution in [0.2, 0.25) is 0 Å². The minimum atomic E-state index is 0.0935. The van der Waals surface area contributed by atoms with Crippen LogP contribution in [0.4, 0.5) is 0 Å². The van der Waals surface area contributed by atoms with Crippen LogP contribution in [0, 0.1) is 11.8 Å². The molecule has 25 heavy (non-hydrogen) atoms. The minimum Gasteiger partial charge on any atom is -0.497 e. The van der Waals surface area contributed by atoms with E-state index in [4.69, 9.17) is 4.74 Å². The smallest absolute Gasteiger partial charge is 0.239 e. The summed E-state index contributed by atoms with van der Waals surface area (Å²) in [5.74, 6) is 2.73. The molecule has 0 spiro atoms. The number of benzene rings is 1. The van der Waals surface area contributed by atoms with Gasteiger partial charge in [-0.25, -0.2) is 0 Å². The molecule has 2 atom stereocenters. The molecular weight excluding hydrogens is 312 g/mol. The second-order valence-electron chi connectivity index (χ2n) is 8.12. The second-order valence-corrected chi connectivity index (χ2v) is 8.12. The predicted octanol–water partition coefficient (Wildman–Crippen LogP) is 3.31. The van der Waals surface area contributed by atoms with Gasteiger partial charge in [0.15, 0.2) is 0 Å². The summed E-state index contributed by atoms with van der Waals surface area (Å²) in [6.45, 7) is 3.92. The zero-order valence-corrected chi connectivity index (χ0v) is 15.3. The highest BCUT2D eigenvalue weighted by atomic mass is 16.5. The standard InChI is InChI=1S/C21H30N2O2/c1-25-19-8-6-17(7-9-19)13-22-11-10-18-12-20(22)21(24)23(15-18)14-16-4-2-3-5-16/h6-9,16,18,20H,2-5,10-15H2,1H3/t18-,20+/m0/s1. The summed E-state index contributed by atoms with van der Waals surface area (Å²) in [4.78, 5) is 17.7. The van der Waals surface area contributed by atoms with E-state index in [0.29, 0.717) is 11.8 Å². The first-order valence-corrected chi connectivity index (χ1v) is 9.88. The van der Waals surface area contributed by atoms with Crippen molar-refractivity contribution in [2.45, 2.75) is 51.1 Å². The number of rotatable bonds is 5. The maximum atomic E-state index is 13.1.